The highest BCUT2D eigenvalue weighted by molar-refractivity contribution is 6.30. The molecule has 2 unspecified atom stereocenters. The van der Waals surface area contributed by atoms with Gasteiger partial charge in [0.25, 0.3) is 0 Å². The second kappa shape index (κ2) is 8.00. The van der Waals surface area contributed by atoms with Gasteiger partial charge in [0.15, 0.2) is 0 Å². The minimum absolute atomic E-state index is 0.127. The zero-order valence-electron chi connectivity index (χ0n) is 12.5. The number of halogens is 1. The maximum absolute atomic E-state index is 11.6. The molecule has 1 amide bonds. The molecule has 0 saturated carbocycles. The molecule has 0 spiro atoms. The molecular formula is C15H21ClN2O3. The molecule has 0 fully saturated rings. The number of carboxylic acid groups (broad SMARTS) is 1. The highest BCUT2D eigenvalue weighted by Crippen LogP contribution is 2.23. The summed E-state index contributed by atoms with van der Waals surface area (Å²) in [6, 6.07) is 7.77. The van der Waals surface area contributed by atoms with E-state index in [4.69, 9.17) is 16.7 Å². The molecule has 0 aliphatic carbocycles. The zero-order valence-corrected chi connectivity index (χ0v) is 13.2. The molecule has 116 valence electrons. The lowest BCUT2D eigenvalue weighted by Crippen LogP contribution is -2.42. The molecule has 2 N–H and O–H groups in total. The Kier molecular flexibility index (Phi) is 6.65. The van der Waals surface area contributed by atoms with Crippen molar-refractivity contribution in [2.45, 2.75) is 25.8 Å². The van der Waals surface area contributed by atoms with Gasteiger partial charge in [0.2, 0.25) is 5.91 Å². The van der Waals surface area contributed by atoms with Crippen molar-refractivity contribution >= 4 is 23.5 Å². The van der Waals surface area contributed by atoms with E-state index in [-0.39, 0.29) is 31.0 Å². The molecule has 1 rings (SSSR count). The number of benzene rings is 1. The lowest BCUT2D eigenvalue weighted by molar-refractivity contribution is -0.138. The van der Waals surface area contributed by atoms with E-state index in [0.717, 1.165) is 5.56 Å². The minimum atomic E-state index is -1.05. The van der Waals surface area contributed by atoms with Crippen molar-refractivity contribution in [2.75, 3.05) is 20.1 Å². The number of carbonyl (C=O) groups is 2. The largest absolute Gasteiger partial charge is 0.480 e. The number of nitrogens with zero attached hydrogens (tertiary/aromatic N) is 1. The first kappa shape index (κ1) is 17.5. The van der Waals surface area contributed by atoms with Crippen LogP contribution in [0.4, 0.5) is 0 Å². The van der Waals surface area contributed by atoms with Crippen molar-refractivity contribution in [1.29, 1.82) is 0 Å². The smallest absolute Gasteiger partial charge is 0.322 e. The Labute approximate surface area is 129 Å². The van der Waals surface area contributed by atoms with Crippen molar-refractivity contribution in [1.82, 2.24) is 10.2 Å². The summed E-state index contributed by atoms with van der Waals surface area (Å²) in [7, 11) is 1.84. The van der Waals surface area contributed by atoms with Crippen molar-refractivity contribution in [3.8, 4) is 0 Å². The van der Waals surface area contributed by atoms with Crippen LogP contribution in [0.3, 0.4) is 0 Å². The third kappa shape index (κ3) is 5.73. The van der Waals surface area contributed by atoms with Crippen LogP contribution >= 0.6 is 11.6 Å². The van der Waals surface area contributed by atoms with Crippen LogP contribution in [-0.4, -0.2) is 48.1 Å². The van der Waals surface area contributed by atoms with E-state index in [1.807, 2.05) is 43.1 Å². The highest BCUT2D eigenvalue weighted by atomic mass is 35.5. The maximum atomic E-state index is 11.6. The minimum Gasteiger partial charge on any atom is -0.480 e. The standard InChI is InChI=1S/C15H21ClN2O3/c1-10(12-4-6-13(16)7-5-12)11(2)18(3)9-14(19)17-8-15(20)21/h4-7,10-11H,8-9H2,1-3H3,(H,17,19)(H,20,21). The van der Waals surface area contributed by atoms with Crippen molar-refractivity contribution in [3.63, 3.8) is 0 Å². The predicted molar refractivity (Wildman–Crippen MR) is 82.6 cm³/mol. The number of rotatable bonds is 7. The Balaban J connectivity index is 2.56. The average Bonchev–Trinajstić information content (AvgIpc) is 2.44. The summed E-state index contributed by atoms with van der Waals surface area (Å²) in [5.41, 5.74) is 1.14. The number of likely N-dealkylation sites (N-methyl/N-ethyl adjacent to an activating group) is 1. The Morgan fingerprint density at radius 2 is 1.86 bits per heavy atom. The van der Waals surface area contributed by atoms with Gasteiger partial charge in [0.1, 0.15) is 6.54 Å². The molecule has 5 nitrogen and oxygen atoms in total. The SMILES string of the molecule is CC(c1ccc(Cl)cc1)C(C)N(C)CC(=O)NCC(=O)O. The molecule has 6 heteroatoms. The van der Waals surface area contributed by atoms with Crippen LogP contribution in [0.2, 0.25) is 5.02 Å². The number of hydrogen-bond donors (Lipinski definition) is 2. The van der Waals surface area contributed by atoms with Crippen LogP contribution < -0.4 is 5.32 Å². The second-order valence-electron chi connectivity index (χ2n) is 5.17. The Morgan fingerprint density at radius 3 is 2.38 bits per heavy atom. The molecule has 1 aromatic rings. The van der Waals surface area contributed by atoms with E-state index in [1.165, 1.54) is 0 Å². The van der Waals surface area contributed by atoms with Crippen LogP contribution in [0.1, 0.15) is 25.3 Å². The zero-order chi connectivity index (χ0) is 16.0. The van der Waals surface area contributed by atoms with Gasteiger partial charge in [-0.1, -0.05) is 30.7 Å². The van der Waals surface area contributed by atoms with Crippen LogP contribution in [-0.2, 0) is 9.59 Å². The summed E-state index contributed by atoms with van der Waals surface area (Å²) >= 11 is 5.88. The van der Waals surface area contributed by atoms with Crippen LogP contribution in [0, 0.1) is 0 Å². The molecule has 21 heavy (non-hydrogen) atoms. The normalized spacial score (nSPS) is 13.8. The summed E-state index contributed by atoms with van der Waals surface area (Å²) in [5, 5.41) is 11.6. The van der Waals surface area contributed by atoms with Gasteiger partial charge in [-0.3, -0.25) is 14.5 Å². The fraction of sp³-hybridized carbons (Fsp3) is 0.467. The van der Waals surface area contributed by atoms with Crippen LogP contribution in [0.15, 0.2) is 24.3 Å². The fourth-order valence-corrected chi connectivity index (χ4v) is 2.15. The first-order valence-corrected chi connectivity index (χ1v) is 7.13. The molecule has 0 aliphatic heterocycles. The number of aliphatic carboxylic acids is 1. The molecule has 0 bridgehead atoms. The van der Waals surface area contributed by atoms with Crippen LogP contribution in [0.5, 0.6) is 0 Å². The average molecular weight is 313 g/mol. The van der Waals surface area contributed by atoms with Gasteiger partial charge in [-0.05, 0) is 37.6 Å². The first-order chi connectivity index (χ1) is 9.81. The lowest BCUT2D eigenvalue weighted by atomic mass is 9.93. The maximum Gasteiger partial charge on any atom is 0.322 e. The summed E-state index contributed by atoms with van der Waals surface area (Å²) in [6.45, 7) is 3.92. The van der Waals surface area contributed by atoms with Crippen molar-refractivity contribution < 1.29 is 14.7 Å². The molecule has 0 radical (unpaired) electrons. The van der Waals surface area contributed by atoms with Gasteiger partial charge in [-0.25, -0.2) is 0 Å². The molecule has 0 aromatic heterocycles. The Hall–Kier alpha value is -1.59. The molecule has 0 aliphatic rings. The quantitative estimate of drug-likeness (QED) is 0.807. The number of nitrogens with one attached hydrogen (secondary N) is 1. The van der Waals surface area contributed by atoms with Gasteiger partial charge >= 0.3 is 5.97 Å². The van der Waals surface area contributed by atoms with Crippen molar-refractivity contribution in [2.24, 2.45) is 0 Å². The fourth-order valence-electron chi connectivity index (χ4n) is 2.03. The first-order valence-electron chi connectivity index (χ1n) is 6.75. The monoisotopic (exact) mass is 312 g/mol. The van der Waals surface area contributed by atoms with E-state index in [2.05, 4.69) is 12.2 Å². The molecule has 0 heterocycles. The van der Waals surface area contributed by atoms with E-state index in [9.17, 15) is 9.59 Å². The van der Waals surface area contributed by atoms with Gasteiger partial charge in [-0.15, -0.1) is 0 Å². The predicted octanol–water partition coefficient (Wildman–Crippen LogP) is 1.96. The van der Waals surface area contributed by atoms with E-state index < -0.39 is 5.97 Å². The Morgan fingerprint density at radius 1 is 1.29 bits per heavy atom. The highest BCUT2D eigenvalue weighted by Gasteiger charge is 2.20. The van der Waals surface area contributed by atoms with E-state index in [0.29, 0.717) is 5.02 Å². The van der Waals surface area contributed by atoms with Gasteiger partial charge < -0.3 is 10.4 Å². The van der Waals surface area contributed by atoms with Crippen LogP contribution in [0.25, 0.3) is 0 Å². The summed E-state index contributed by atoms with van der Waals surface area (Å²) in [6.07, 6.45) is 0. The van der Waals surface area contributed by atoms with Gasteiger partial charge in [-0.2, -0.15) is 0 Å². The molecule has 2 atom stereocenters. The van der Waals surface area contributed by atoms with Gasteiger partial charge in [0, 0.05) is 11.1 Å². The third-order valence-electron chi connectivity index (χ3n) is 3.64. The summed E-state index contributed by atoms with van der Waals surface area (Å²) in [4.78, 5) is 23.9. The molecular weight excluding hydrogens is 292 g/mol. The third-order valence-corrected chi connectivity index (χ3v) is 3.90. The summed E-state index contributed by atoms with van der Waals surface area (Å²) in [5.74, 6) is -1.12. The van der Waals surface area contributed by atoms with Gasteiger partial charge in [0.05, 0.1) is 6.54 Å². The molecule has 0 saturated heterocycles. The van der Waals surface area contributed by atoms with E-state index >= 15 is 0 Å². The number of carbonyl (C=O) groups excluding carboxylic acids is 1. The number of carboxylic acids is 1. The second-order valence-corrected chi connectivity index (χ2v) is 5.60. The lowest BCUT2D eigenvalue weighted by Gasteiger charge is -2.29. The Bertz CT molecular complexity index is 490. The van der Waals surface area contributed by atoms with E-state index in [1.54, 1.807) is 0 Å². The van der Waals surface area contributed by atoms with Crippen molar-refractivity contribution in [3.05, 3.63) is 34.9 Å². The number of hydrogen-bond acceptors (Lipinski definition) is 3. The topological polar surface area (TPSA) is 69.6 Å². The number of amides is 1. The molecule has 1 aromatic carbocycles. The summed E-state index contributed by atoms with van der Waals surface area (Å²) < 4.78 is 0.